The maximum Gasteiger partial charge on any atom is 0.165 e. The molecule has 0 aliphatic heterocycles. The SMILES string of the molecule is COCCC(C)C(=O)c1ccc2cc(Br)ccc2c1. The van der Waals surface area contributed by atoms with Gasteiger partial charge in [0, 0.05) is 29.7 Å². The average molecular weight is 321 g/mol. The summed E-state index contributed by atoms with van der Waals surface area (Å²) in [7, 11) is 1.66. The lowest BCUT2D eigenvalue weighted by Crippen LogP contribution is -2.13. The Morgan fingerprint density at radius 2 is 1.89 bits per heavy atom. The lowest BCUT2D eigenvalue weighted by atomic mass is 9.95. The first-order chi connectivity index (χ1) is 9.11. The molecule has 0 aliphatic carbocycles. The van der Waals surface area contributed by atoms with Gasteiger partial charge in [0.15, 0.2) is 5.78 Å². The highest BCUT2D eigenvalue weighted by Crippen LogP contribution is 2.22. The van der Waals surface area contributed by atoms with Crippen LogP contribution in [-0.4, -0.2) is 19.5 Å². The number of rotatable bonds is 5. The Labute approximate surface area is 121 Å². The van der Waals surface area contributed by atoms with E-state index in [1.165, 1.54) is 0 Å². The number of hydrogen-bond donors (Lipinski definition) is 0. The molecule has 0 saturated heterocycles. The molecule has 0 aliphatic rings. The van der Waals surface area contributed by atoms with Gasteiger partial charge in [0.2, 0.25) is 0 Å². The molecule has 0 heterocycles. The molecule has 2 aromatic rings. The molecule has 19 heavy (non-hydrogen) atoms. The van der Waals surface area contributed by atoms with E-state index in [1.807, 2.05) is 37.3 Å². The minimum absolute atomic E-state index is 0.00662. The van der Waals surface area contributed by atoms with Crippen LogP contribution in [0.4, 0.5) is 0 Å². The van der Waals surface area contributed by atoms with Crippen molar-refractivity contribution in [2.24, 2.45) is 5.92 Å². The van der Waals surface area contributed by atoms with Crippen LogP contribution in [0, 0.1) is 5.92 Å². The minimum atomic E-state index is -0.00662. The van der Waals surface area contributed by atoms with Crippen LogP contribution in [-0.2, 0) is 4.74 Å². The van der Waals surface area contributed by atoms with E-state index in [0.29, 0.717) is 6.61 Å². The number of halogens is 1. The van der Waals surface area contributed by atoms with E-state index in [2.05, 4.69) is 22.0 Å². The van der Waals surface area contributed by atoms with E-state index in [1.54, 1.807) is 7.11 Å². The topological polar surface area (TPSA) is 26.3 Å². The molecule has 0 bridgehead atoms. The van der Waals surface area contributed by atoms with Crippen LogP contribution in [0.3, 0.4) is 0 Å². The number of ether oxygens (including phenoxy) is 1. The number of methoxy groups -OCH3 is 1. The number of carbonyl (C=O) groups excluding carboxylic acids is 1. The number of hydrogen-bond acceptors (Lipinski definition) is 2. The second-order valence-corrected chi connectivity index (χ2v) is 5.67. The van der Waals surface area contributed by atoms with Crippen molar-refractivity contribution in [2.45, 2.75) is 13.3 Å². The molecule has 2 aromatic carbocycles. The van der Waals surface area contributed by atoms with Gasteiger partial charge in [-0.05, 0) is 35.4 Å². The zero-order chi connectivity index (χ0) is 13.8. The summed E-state index contributed by atoms with van der Waals surface area (Å²) in [6.45, 7) is 2.57. The van der Waals surface area contributed by atoms with Crippen molar-refractivity contribution in [3.8, 4) is 0 Å². The highest BCUT2D eigenvalue weighted by molar-refractivity contribution is 9.10. The van der Waals surface area contributed by atoms with Gasteiger partial charge in [0.25, 0.3) is 0 Å². The summed E-state index contributed by atoms with van der Waals surface area (Å²) in [5.74, 6) is 0.176. The van der Waals surface area contributed by atoms with Gasteiger partial charge in [-0.2, -0.15) is 0 Å². The van der Waals surface area contributed by atoms with E-state index >= 15 is 0 Å². The molecule has 0 spiro atoms. The Morgan fingerprint density at radius 3 is 2.63 bits per heavy atom. The van der Waals surface area contributed by atoms with Gasteiger partial charge < -0.3 is 4.74 Å². The molecule has 0 N–H and O–H groups in total. The monoisotopic (exact) mass is 320 g/mol. The van der Waals surface area contributed by atoms with Gasteiger partial charge in [0.1, 0.15) is 0 Å². The first-order valence-corrected chi connectivity index (χ1v) is 7.13. The van der Waals surface area contributed by atoms with Crippen molar-refractivity contribution in [2.75, 3.05) is 13.7 Å². The fourth-order valence-corrected chi connectivity index (χ4v) is 2.46. The lowest BCUT2D eigenvalue weighted by molar-refractivity contribution is 0.0894. The quantitative estimate of drug-likeness (QED) is 0.760. The van der Waals surface area contributed by atoms with Crippen molar-refractivity contribution < 1.29 is 9.53 Å². The summed E-state index contributed by atoms with van der Waals surface area (Å²) < 4.78 is 6.07. The fourth-order valence-electron chi connectivity index (χ4n) is 2.08. The largest absolute Gasteiger partial charge is 0.385 e. The Kier molecular flexibility index (Phi) is 4.72. The van der Waals surface area contributed by atoms with Gasteiger partial charge in [-0.15, -0.1) is 0 Å². The van der Waals surface area contributed by atoms with E-state index in [0.717, 1.165) is 27.2 Å². The molecule has 100 valence electrons. The van der Waals surface area contributed by atoms with Crippen LogP contribution in [0.2, 0.25) is 0 Å². The van der Waals surface area contributed by atoms with Crippen LogP contribution >= 0.6 is 15.9 Å². The Hall–Kier alpha value is -1.19. The number of benzene rings is 2. The Balaban J connectivity index is 2.25. The molecule has 3 heteroatoms. The third-order valence-electron chi connectivity index (χ3n) is 3.29. The summed E-state index contributed by atoms with van der Waals surface area (Å²) in [4.78, 5) is 12.3. The second kappa shape index (κ2) is 6.31. The molecule has 0 saturated carbocycles. The molecular weight excluding hydrogens is 304 g/mol. The van der Waals surface area contributed by atoms with Gasteiger partial charge >= 0.3 is 0 Å². The molecule has 2 rings (SSSR count). The molecule has 0 amide bonds. The molecule has 2 nitrogen and oxygen atoms in total. The molecule has 0 aromatic heterocycles. The number of carbonyl (C=O) groups is 1. The third kappa shape index (κ3) is 3.43. The van der Waals surface area contributed by atoms with Crippen LogP contribution in [0.15, 0.2) is 40.9 Å². The van der Waals surface area contributed by atoms with Crippen molar-refractivity contribution in [1.29, 1.82) is 0 Å². The van der Waals surface area contributed by atoms with Crippen LogP contribution in [0.25, 0.3) is 10.8 Å². The first kappa shape index (κ1) is 14.2. The Morgan fingerprint density at radius 1 is 1.21 bits per heavy atom. The fraction of sp³-hybridized carbons (Fsp3) is 0.312. The summed E-state index contributed by atoms with van der Waals surface area (Å²) >= 11 is 3.45. The zero-order valence-electron chi connectivity index (χ0n) is 11.2. The zero-order valence-corrected chi connectivity index (χ0v) is 12.7. The van der Waals surface area contributed by atoms with Crippen molar-refractivity contribution in [3.63, 3.8) is 0 Å². The molecule has 0 radical (unpaired) electrons. The van der Waals surface area contributed by atoms with Crippen LogP contribution in [0.1, 0.15) is 23.7 Å². The first-order valence-electron chi connectivity index (χ1n) is 6.34. The average Bonchev–Trinajstić information content (AvgIpc) is 2.43. The predicted octanol–water partition coefficient (Wildman–Crippen LogP) is 4.46. The maximum atomic E-state index is 12.3. The summed E-state index contributed by atoms with van der Waals surface area (Å²) in [5.41, 5.74) is 0.776. The van der Waals surface area contributed by atoms with Gasteiger partial charge in [0.05, 0.1) is 0 Å². The van der Waals surface area contributed by atoms with Gasteiger partial charge in [-0.3, -0.25) is 4.79 Å². The minimum Gasteiger partial charge on any atom is -0.385 e. The van der Waals surface area contributed by atoms with E-state index in [9.17, 15) is 4.79 Å². The standard InChI is InChI=1S/C16H17BrO2/c1-11(7-8-19-2)16(18)14-4-3-13-10-15(17)6-5-12(13)9-14/h3-6,9-11H,7-8H2,1-2H3. The van der Waals surface area contributed by atoms with Gasteiger partial charge in [-0.1, -0.05) is 41.1 Å². The van der Waals surface area contributed by atoms with Crippen LogP contribution < -0.4 is 0 Å². The number of ketones is 1. The van der Waals surface area contributed by atoms with Gasteiger partial charge in [-0.25, -0.2) is 0 Å². The predicted molar refractivity (Wildman–Crippen MR) is 81.6 cm³/mol. The number of Topliss-reactive ketones (excluding diaryl/α,β-unsaturated/α-hetero) is 1. The summed E-state index contributed by atoms with van der Waals surface area (Å²) in [5, 5.41) is 2.23. The maximum absolute atomic E-state index is 12.3. The summed E-state index contributed by atoms with van der Waals surface area (Å²) in [6.07, 6.45) is 0.758. The molecular formula is C16H17BrO2. The highest BCUT2D eigenvalue weighted by Gasteiger charge is 2.15. The third-order valence-corrected chi connectivity index (χ3v) is 3.78. The van der Waals surface area contributed by atoms with Crippen LogP contribution in [0.5, 0.6) is 0 Å². The lowest BCUT2D eigenvalue weighted by Gasteiger charge is -2.10. The van der Waals surface area contributed by atoms with E-state index in [-0.39, 0.29) is 11.7 Å². The second-order valence-electron chi connectivity index (χ2n) is 4.75. The van der Waals surface area contributed by atoms with Crippen molar-refractivity contribution >= 4 is 32.5 Å². The van der Waals surface area contributed by atoms with E-state index in [4.69, 9.17) is 4.74 Å². The smallest absolute Gasteiger partial charge is 0.165 e. The van der Waals surface area contributed by atoms with Crippen molar-refractivity contribution in [1.82, 2.24) is 0 Å². The normalized spacial score (nSPS) is 12.6. The van der Waals surface area contributed by atoms with Crippen molar-refractivity contribution in [3.05, 3.63) is 46.4 Å². The molecule has 0 fully saturated rings. The molecule has 1 unspecified atom stereocenters. The molecule has 1 atom stereocenters. The van der Waals surface area contributed by atoms with E-state index < -0.39 is 0 Å². The highest BCUT2D eigenvalue weighted by atomic mass is 79.9. The summed E-state index contributed by atoms with van der Waals surface area (Å²) in [6, 6.07) is 11.9. The number of fused-ring (bicyclic) bond motifs is 1. The Bertz CT molecular complexity index is 592.